The predicted octanol–water partition coefficient (Wildman–Crippen LogP) is 1.36. The van der Waals surface area contributed by atoms with E-state index in [0.29, 0.717) is 17.1 Å². The Balaban J connectivity index is 3.06. The summed E-state index contributed by atoms with van der Waals surface area (Å²) >= 11 is 0.696. The number of aliphatic hydroxyl groups is 1. The molecular formula is C6H15O4PS. The van der Waals surface area contributed by atoms with Gasteiger partial charge in [0.1, 0.15) is 0 Å². The zero-order valence-corrected chi connectivity index (χ0v) is 8.56. The van der Waals surface area contributed by atoms with Gasteiger partial charge in [0.05, 0.1) is 0 Å². The molecule has 0 atom stereocenters. The molecule has 3 N–H and O–H groups in total. The van der Waals surface area contributed by atoms with Crippen molar-refractivity contribution in [1.82, 2.24) is 0 Å². The van der Waals surface area contributed by atoms with Crippen molar-refractivity contribution in [3.05, 3.63) is 0 Å². The van der Waals surface area contributed by atoms with Crippen LogP contribution in [0.3, 0.4) is 0 Å². The van der Waals surface area contributed by atoms with E-state index in [1.54, 1.807) is 0 Å². The fourth-order valence-electron chi connectivity index (χ4n) is 0.751. The highest BCUT2D eigenvalue weighted by molar-refractivity contribution is 8.54. The summed E-state index contributed by atoms with van der Waals surface area (Å²) in [6.45, 7) is -3.65. The summed E-state index contributed by atoms with van der Waals surface area (Å²) in [4.78, 5) is 16.9. The van der Waals surface area contributed by atoms with E-state index in [-0.39, 0.29) is 6.61 Å². The van der Waals surface area contributed by atoms with Gasteiger partial charge in [0.25, 0.3) is 0 Å². The molecular weight excluding hydrogens is 199 g/mol. The van der Waals surface area contributed by atoms with Gasteiger partial charge in [-0.15, -0.1) is 0 Å². The Labute approximate surface area is 76.3 Å². The van der Waals surface area contributed by atoms with Crippen LogP contribution in [0.15, 0.2) is 0 Å². The number of hydrogen-bond donors (Lipinski definition) is 3. The third-order valence-corrected chi connectivity index (χ3v) is 3.68. The van der Waals surface area contributed by atoms with E-state index in [0.717, 1.165) is 25.7 Å². The average Bonchev–Trinajstić information content (AvgIpc) is 1.94. The standard InChI is InChI=1S/C6H15O4PS/c7-5-3-1-2-4-6-12-11(8,9)10/h7H,1-6H2,(H2,8,9,10). The fourth-order valence-corrected chi connectivity index (χ4v) is 2.42. The number of rotatable bonds is 7. The van der Waals surface area contributed by atoms with Crippen LogP contribution in [0.2, 0.25) is 0 Å². The second-order valence-corrected chi connectivity index (χ2v) is 6.31. The van der Waals surface area contributed by atoms with Crippen LogP contribution in [0.1, 0.15) is 25.7 Å². The minimum absolute atomic E-state index is 0.200. The summed E-state index contributed by atoms with van der Waals surface area (Å²) in [6, 6.07) is 0. The van der Waals surface area contributed by atoms with E-state index >= 15 is 0 Å². The molecule has 0 aromatic heterocycles. The Morgan fingerprint density at radius 3 is 2.17 bits per heavy atom. The van der Waals surface area contributed by atoms with E-state index in [1.165, 1.54) is 0 Å². The minimum atomic E-state index is -3.85. The molecule has 0 aliphatic heterocycles. The Morgan fingerprint density at radius 2 is 1.67 bits per heavy atom. The number of unbranched alkanes of at least 4 members (excludes halogenated alkanes) is 3. The van der Waals surface area contributed by atoms with Crippen LogP contribution in [0.5, 0.6) is 0 Å². The first kappa shape index (κ1) is 12.5. The van der Waals surface area contributed by atoms with Gasteiger partial charge in [-0.05, 0) is 24.2 Å². The lowest BCUT2D eigenvalue weighted by molar-refractivity contribution is 0.283. The van der Waals surface area contributed by atoms with Gasteiger partial charge in [-0.25, -0.2) is 4.57 Å². The first-order chi connectivity index (χ1) is 5.56. The first-order valence-electron chi connectivity index (χ1n) is 3.87. The summed E-state index contributed by atoms with van der Waals surface area (Å²) in [6.07, 6.45) is 3.43. The van der Waals surface area contributed by atoms with E-state index in [1.807, 2.05) is 0 Å². The lowest BCUT2D eigenvalue weighted by Crippen LogP contribution is -1.85. The summed E-state index contributed by atoms with van der Waals surface area (Å²) < 4.78 is 10.3. The van der Waals surface area contributed by atoms with Crippen LogP contribution < -0.4 is 0 Å². The van der Waals surface area contributed by atoms with Gasteiger partial charge in [0, 0.05) is 12.4 Å². The van der Waals surface area contributed by atoms with Crippen molar-refractivity contribution in [2.75, 3.05) is 12.4 Å². The van der Waals surface area contributed by atoms with Gasteiger partial charge in [0.2, 0.25) is 0 Å². The van der Waals surface area contributed by atoms with Gasteiger partial charge < -0.3 is 14.9 Å². The molecule has 0 saturated heterocycles. The fraction of sp³-hybridized carbons (Fsp3) is 1.00. The van der Waals surface area contributed by atoms with Crippen LogP contribution in [-0.4, -0.2) is 27.3 Å². The van der Waals surface area contributed by atoms with Crippen molar-refractivity contribution in [3.63, 3.8) is 0 Å². The van der Waals surface area contributed by atoms with Crippen molar-refractivity contribution in [2.24, 2.45) is 0 Å². The molecule has 0 spiro atoms. The highest BCUT2D eigenvalue weighted by Crippen LogP contribution is 2.50. The molecule has 0 fully saturated rings. The number of hydrogen-bond acceptors (Lipinski definition) is 3. The molecule has 0 aromatic carbocycles. The molecule has 0 bridgehead atoms. The molecule has 12 heavy (non-hydrogen) atoms. The minimum Gasteiger partial charge on any atom is -0.396 e. The largest absolute Gasteiger partial charge is 0.396 e. The lowest BCUT2D eigenvalue weighted by atomic mass is 10.2. The van der Waals surface area contributed by atoms with Crippen LogP contribution >= 0.6 is 18.2 Å². The molecule has 0 aliphatic rings. The summed E-state index contributed by atoms with van der Waals surface area (Å²) in [5, 5.41) is 8.42. The Bertz CT molecular complexity index is 146. The number of aliphatic hydroxyl groups excluding tert-OH is 1. The van der Waals surface area contributed by atoms with Gasteiger partial charge in [-0.2, -0.15) is 0 Å². The molecule has 0 rings (SSSR count). The van der Waals surface area contributed by atoms with Gasteiger partial charge in [0.15, 0.2) is 0 Å². The first-order valence-corrected chi connectivity index (χ1v) is 7.07. The second kappa shape index (κ2) is 6.92. The van der Waals surface area contributed by atoms with Crippen molar-refractivity contribution in [2.45, 2.75) is 25.7 Å². The summed E-state index contributed by atoms with van der Waals surface area (Å²) in [5.74, 6) is 0.496. The molecule has 0 unspecified atom stereocenters. The molecule has 6 heteroatoms. The maximum atomic E-state index is 10.3. The van der Waals surface area contributed by atoms with Gasteiger partial charge in [-0.3, -0.25) is 0 Å². The SMILES string of the molecule is O=P(O)(O)SCCCCCCO. The molecule has 0 amide bonds. The topological polar surface area (TPSA) is 77.8 Å². The smallest absolute Gasteiger partial charge is 0.383 e. The summed E-state index contributed by atoms with van der Waals surface area (Å²) in [7, 11) is 0. The maximum Gasteiger partial charge on any atom is 0.383 e. The zero-order valence-electron chi connectivity index (χ0n) is 6.85. The molecule has 4 nitrogen and oxygen atoms in total. The zero-order chi connectivity index (χ0) is 9.45. The third kappa shape index (κ3) is 10.5. The van der Waals surface area contributed by atoms with Gasteiger partial charge >= 0.3 is 6.80 Å². The van der Waals surface area contributed by atoms with Crippen LogP contribution in [0.25, 0.3) is 0 Å². The predicted molar refractivity (Wildman–Crippen MR) is 50.1 cm³/mol. The lowest BCUT2D eigenvalue weighted by Gasteiger charge is -2.01. The van der Waals surface area contributed by atoms with Crippen LogP contribution in [-0.2, 0) is 4.57 Å². The van der Waals surface area contributed by atoms with E-state index < -0.39 is 6.80 Å². The maximum absolute atomic E-state index is 10.3. The molecule has 0 heterocycles. The van der Waals surface area contributed by atoms with Crippen molar-refractivity contribution < 1.29 is 19.5 Å². The monoisotopic (exact) mass is 214 g/mol. The molecule has 0 aromatic rings. The molecule has 0 saturated carbocycles. The van der Waals surface area contributed by atoms with E-state index in [9.17, 15) is 4.57 Å². The van der Waals surface area contributed by atoms with E-state index in [2.05, 4.69) is 0 Å². The van der Waals surface area contributed by atoms with Crippen molar-refractivity contribution >= 4 is 18.2 Å². The molecule has 0 radical (unpaired) electrons. The quantitative estimate of drug-likeness (QED) is 0.440. The average molecular weight is 214 g/mol. The molecule has 0 aliphatic carbocycles. The van der Waals surface area contributed by atoms with Gasteiger partial charge in [-0.1, -0.05) is 12.8 Å². The normalized spacial score (nSPS) is 11.9. The molecule has 74 valence electrons. The Kier molecular flexibility index (Phi) is 7.19. The van der Waals surface area contributed by atoms with Crippen molar-refractivity contribution in [3.8, 4) is 0 Å². The Hall–Kier alpha value is 0.460. The highest BCUT2D eigenvalue weighted by Gasteiger charge is 2.11. The second-order valence-electron chi connectivity index (χ2n) is 2.46. The van der Waals surface area contributed by atoms with Crippen LogP contribution in [0, 0.1) is 0 Å². The third-order valence-electron chi connectivity index (χ3n) is 1.31. The highest BCUT2D eigenvalue weighted by atomic mass is 32.7. The van der Waals surface area contributed by atoms with Crippen LogP contribution in [0.4, 0.5) is 0 Å². The Morgan fingerprint density at radius 1 is 1.08 bits per heavy atom. The summed E-state index contributed by atoms with van der Waals surface area (Å²) in [5.41, 5.74) is 0. The van der Waals surface area contributed by atoms with E-state index in [4.69, 9.17) is 14.9 Å². The van der Waals surface area contributed by atoms with Crippen molar-refractivity contribution in [1.29, 1.82) is 0 Å².